The number of nitrogens with one attached hydrogen (secondary N) is 2. The molecule has 0 fully saturated rings. The first-order chi connectivity index (χ1) is 8.70. The molecule has 1 aromatic carbocycles. The molecule has 0 unspecified atom stereocenters. The molecule has 0 aliphatic carbocycles. The largest absolute Gasteiger partial charge is 0.496 e. The van der Waals surface area contributed by atoms with E-state index >= 15 is 0 Å². The summed E-state index contributed by atoms with van der Waals surface area (Å²) in [5.74, 6) is 0.832. The molecule has 1 heterocycles. The van der Waals surface area contributed by atoms with Crippen molar-refractivity contribution in [3.05, 3.63) is 53.3 Å². The van der Waals surface area contributed by atoms with Crippen molar-refractivity contribution in [2.75, 3.05) is 12.4 Å². The first-order valence-corrected chi connectivity index (χ1v) is 5.68. The summed E-state index contributed by atoms with van der Waals surface area (Å²) in [7, 11) is 1.56. The van der Waals surface area contributed by atoms with E-state index in [9.17, 15) is 0 Å². The molecule has 2 aromatic rings. The topological polar surface area (TPSA) is 58.0 Å². The molecule has 0 saturated heterocycles. The lowest BCUT2D eigenvalue weighted by Gasteiger charge is -2.11. The summed E-state index contributed by atoms with van der Waals surface area (Å²) < 4.78 is 5.18. The smallest absolute Gasteiger partial charge is 0.135 e. The van der Waals surface area contributed by atoms with Crippen molar-refractivity contribution in [2.24, 2.45) is 0 Å². The lowest BCUT2D eigenvalue weighted by Crippen LogP contribution is -2.13. The van der Waals surface area contributed by atoms with E-state index in [1.54, 1.807) is 49.8 Å². The summed E-state index contributed by atoms with van der Waals surface area (Å²) in [5.41, 5.74) is 1.39. The maximum absolute atomic E-state index is 8.00. The average molecular weight is 262 g/mol. The molecule has 0 amide bonds. The second-order valence-corrected chi connectivity index (χ2v) is 4.02. The highest BCUT2D eigenvalue weighted by Crippen LogP contribution is 2.19. The van der Waals surface area contributed by atoms with Gasteiger partial charge in [-0.15, -0.1) is 0 Å². The van der Waals surface area contributed by atoms with Crippen LogP contribution < -0.4 is 10.1 Å². The summed E-state index contributed by atoms with van der Waals surface area (Å²) in [6.45, 7) is 0. The fourth-order valence-corrected chi connectivity index (χ4v) is 1.62. The Morgan fingerprint density at radius 1 is 1.28 bits per heavy atom. The Labute approximate surface area is 110 Å². The normalized spacial score (nSPS) is 9.89. The second kappa shape index (κ2) is 5.51. The number of halogens is 1. The molecule has 0 radical (unpaired) electrons. The number of amidine groups is 1. The van der Waals surface area contributed by atoms with Crippen molar-refractivity contribution >= 4 is 23.1 Å². The quantitative estimate of drug-likeness (QED) is 0.659. The third-order valence-electron chi connectivity index (χ3n) is 2.38. The number of ether oxygens (including phenoxy) is 1. The minimum Gasteiger partial charge on any atom is -0.496 e. The van der Waals surface area contributed by atoms with Crippen LogP contribution in [0.4, 0.5) is 5.69 Å². The number of nitrogens with zero attached hydrogens (tertiary/aromatic N) is 1. The van der Waals surface area contributed by atoms with Gasteiger partial charge >= 0.3 is 0 Å². The Morgan fingerprint density at radius 2 is 2.00 bits per heavy atom. The van der Waals surface area contributed by atoms with Gasteiger partial charge in [-0.05, 0) is 30.3 Å². The van der Waals surface area contributed by atoms with Gasteiger partial charge in [-0.1, -0.05) is 11.6 Å². The molecule has 0 saturated carbocycles. The molecule has 0 atom stereocenters. The van der Waals surface area contributed by atoms with Crippen LogP contribution in [-0.2, 0) is 0 Å². The summed E-state index contributed by atoms with van der Waals surface area (Å²) in [5, 5.41) is 11.6. The van der Waals surface area contributed by atoms with Crippen LogP contribution in [0.5, 0.6) is 5.75 Å². The van der Waals surface area contributed by atoms with Crippen LogP contribution in [0.2, 0.25) is 5.02 Å². The van der Waals surface area contributed by atoms with Crippen molar-refractivity contribution in [1.82, 2.24) is 4.98 Å². The van der Waals surface area contributed by atoms with Gasteiger partial charge in [0.05, 0.1) is 12.7 Å². The standard InChI is InChI=1S/C13H12ClN3O/c1-18-12-6-7-16-8-11(12)13(15)17-10-4-2-9(14)3-5-10/h2-8H,1H3,(H2,15,17). The van der Waals surface area contributed by atoms with Crippen LogP contribution in [0, 0.1) is 5.41 Å². The molecule has 0 aliphatic heterocycles. The van der Waals surface area contributed by atoms with Gasteiger partial charge < -0.3 is 10.1 Å². The second-order valence-electron chi connectivity index (χ2n) is 3.58. The Balaban J connectivity index is 2.19. The van der Waals surface area contributed by atoms with Gasteiger partial charge in [0.15, 0.2) is 0 Å². The van der Waals surface area contributed by atoms with Crippen LogP contribution in [0.1, 0.15) is 5.56 Å². The van der Waals surface area contributed by atoms with Gasteiger partial charge in [0.1, 0.15) is 11.6 Å². The molecule has 1 aromatic heterocycles. The number of benzene rings is 1. The van der Waals surface area contributed by atoms with Crippen molar-refractivity contribution in [3.8, 4) is 5.75 Å². The van der Waals surface area contributed by atoms with Crippen LogP contribution in [0.15, 0.2) is 42.7 Å². The van der Waals surface area contributed by atoms with Crippen molar-refractivity contribution in [1.29, 1.82) is 5.41 Å². The number of pyridine rings is 1. The monoisotopic (exact) mass is 261 g/mol. The van der Waals surface area contributed by atoms with E-state index in [1.165, 1.54) is 0 Å². The van der Waals surface area contributed by atoms with E-state index in [0.29, 0.717) is 16.3 Å². The maximum atomic E-state index is 8.00. The van der Waals surface area contributed by atoms with Gasteiger partial charge in [0.2, 0.25) is 0 Å². The molecule has 5 heteroatoms. The van der Waals surface area contributed by atoms with E-state index in [2.05, 4.69) is 10.3 Å². The van der Waals surface area contributed by atoms with Gasteiger partial charge in [-0.25, -0.2) is 0 Å². The van der Waals surface area contributed by atoms with E-state index in [1.807, 2.05) is 0 Å². The Hall–Kier alpha value is -2.07. The number of aromatic nitrogens is 1. The maximum Gasteiger partial charge on any atom is 0.135 e. The summed E-state index contributed by atoms with van der Waals surface area (Å²) in [6.07, 6.45) is 3.21. The Bertz CT molecular complexity index is 554. The predicted octanol–water partition coefficient (Wildman–Crippen LogP) is 3.18. The first-order valence-electron chi connectivity index (χ1n) is 5.30. The lowest BCUT2D eigenvalue weighted by molar-refractivity contribution is 0.413. The minimum atomic E-state index is 0.224. The van der Waals surface area contributed by atoms with Crippen LogP contribution in [0.25, 0.3) is 0 Å². The molecule has 4 nitrogen and oxygen atoms in total. The fourth-order valence-electron chi connectivity index (χ4n) is 1.49. The summed E-state index contributed by atoms with van der Waals surface area (Å²) in [6, 6.07) is 8.85. The number of rotatable bonds is 3. The highest BCUT2D eigenvalue weighted by Gasteiger charge is 2.08. The van der Waals surface area contributed by atoms with Gasteiger partial charge in [0, 0.05) is 23.1 Å². The average Bonchev–Trinajstić information content (AvgIpc) is 2.41. The van der Waals surface area contributed by atoms with Crippen LogP contribution in [-0.4, -0.2) is 17.9 Å². The number of anilines is 1. The van der Waals surface area contributed by atoms with E-state index in [0.717, 1.165) is 5.69 Å². The number of hydrogen-bond donors (Lipinski definition) is 2. The molecule has 0 spiro atoms. The van der Waals surface area contributed by atoms with Crippen LogP contribution in [0.3, 0.4) is 0 Å². The first kappa shape index (κ1) is 12.4. The zero-order valence-electron chi connectivity index (χ0n) is 9.77. The van der Waals surface area contributed by atoms with Crippen LogP contribution >= 0.6 is 11.6 Å². The molecular weight excluding hydrogens is 250 g/mol. The van der Waals surface area contributed by atoms with Gasteiger partial charge in [0.25, 0.3) is 0 Å². The third-order valence-corrected chi connectivity index (χ3v) is 2.64. The van der Waals surface area contributed by atoms with Gasteiger partial charge in [-0.2, -0.15) is 0 Å². The number of methoxy groups -OCH3 is 1. The van der Waals surface area contributed by atoms with Crippen molar-refractivity contribution in [3.63, 3.8) is 0 Å². The molecule has 2 N–H and O–H groups in total. The fraction of sp³-hybridized carbons (Fsp3) is 0.0769. The molecule has 0 bridgehead atoms. The molecule has 0 aliphatic rings. The van der Waals surface area contributed by atoms with E-state index in [-0.39, 0.29) is 5.84 Å². The molecule has 18 heavy (non-hydrogen) atoms. The zero-order valence-corrected chi connectivity index (χ0v) is 10.5. The van der Waals surface area contributed by atoms with E-state index < -0.39 is 0 Å². The predicted molar refractivity (Wildman–Crippen MR) is 72.7 cm³/mol. The molecule has 92 valence electrons. The van der Waals surface area contributed by atoms with E-state index in [4.69, 9.17) is 21.7 Å². The third kappa shape index (κ3) is 2.78. The molecular formula is C13H12ClN3O. The summed E-state index contributed by atoms with van der Waals surface area (Å²) in [4.78, 5) is 3.99. The molecule has 2 rings (SSSR count). The highest BCUT2D eigenvalue weighted by atomic mass is 35.5. The summed E-state index contributed by atoms with van der Waals surface area (Å²) >= 11 is 5.80. The minimum absolute atomic E-state index is 0.224. The van der Waals surface area contributed by atoms with Crippen molar-refractivity contribution < 1.29 is 4.74 Å². The zero-order chi connectivity index (χ0) is 13.0. The highest BCUT2D eigenvalue weighted by molar-refractivity contribution is 6.30. The van der Waals surface area contributed by atoms with Gasteiger partial charge in [-0.3, -0.25) is 10.4 Å². The Morgan fingerprint density at radius 3 is 2.67 bits per heavy atom. The van der Waals surface area contributed by atoms with Crippen molar-refractivity contribution in [2.45, 2.75) is 0 Å². The number of hydrogen-bond acceptors (Lipinski definition) is 3. The lowest BCUT2D eigenvalue weighted by atomic mass is 10.2. The SMILES string of the molecule is COc1ccncc1C(=N)Nc1ccc(Cl)cc1. The Kier molecular flexibility index (Phi) is 3.79.